The zero-order valence-corrected chi connectivity index (χ0v) is 23.3. The standard InChI is InChI=1S/C20H40O17P2/c1-3-5-10(6-4-2)9-32-19-14(24)13(23)16(11(7-21)33-19)35-20-15(25)18(37-39(29,30)31)17(12(8-22)34-20)36-38(26,27)28/h10-25H,3-9H2,1-2H3,(H2,26,27,28)(H2,29,30,31)/t11-,12-,13-,14-,15-,16-,17+,18-,19-,20+/m1/s1. The molecule has 39 heavy (non-hydrogen) atoms. The van der Waals surface area contributed by atoms with Crippen molar-refractivity contribution < 1.29 is 82.2 Å². The molecule has 0 bridgehead atoms. The van der Waals surface area contributed by atoms with Crippen molar-refractivity contribution in [3.8, 4) is 0 Å². The molecular weight excluding hydrogens is 574 g/mol. The summed E-state index contributed by atoms with van der Waals surface area (Å²) < 4.78 is 53.9. The van der Waals surface area contributed by atoms with Gasteiger partial charge in [0, 0.05) is 0 Å². The first-order chi connectivity index (χ1) is 18.1. The summed E-state index contributed by atoms with van der Waals surface area (Å²) in [6, 6.07) is 0. The molecule has 0 unspecified atom stereocenters. The molecule has 232 valence electrons. The number of hydrogen-bond acceptors (Lipinski definition) is 13. The van der Waals surface area contributed by atoms with Crippen LogP contribution in [0.4, 0.5) is 0 Å². The van der Waals surface area contributed by atoms with E-state index in [0.29, 0.717) is 0 Å². The smallest absolute Gasteiger partial charge is 0.394 e. The monoisotopic (exact) mass is 614 g/mol. The van der Waals surface area contributed by atoms with Crippen molar-refractivity contribution in [2.24, 2.45) is 5.92 Å². The van der Waals surface area contributed by atoms with Crippen LogP contribution in [0.15, 0.2) is 0 Å². The predicted octanol–water partition coefficient (Wildman–Crippen LogP) is -1.92. The van der Waals surface area contributed by atoms with E-state index >= 15 is 0 Å². The Bertz CT molecular complexity index is 814. The Morgan fingerprint density at radius 2 is 1.21 bits per heavy atom. The van der Waals surface area contributed by atoms with Crippen LogP contribution in [0.2, 0.25) is 0 Å². The average molecular weight is 614 g/mol. The number of rotatable bonds is 15. The van der Waals surface area contributed by atoms with Crippen LogP contribution in [0.5, 0.6) is 0 Å². The van der Waals surface area contributed by atoms with Gasteiger partial charge in [0.15, 0.2) is 12.6 Å². The van der Waals surface area contributed by atoms with E-state index in [-0.39, 0.29) is 12.5 Å². The summed E-state index contributed by atoms with van der Waals surface area (Å²) in [7, 11) is -10.8. The Morgan fingerprint density at radius 3 is 1.69 bits per heavy atom. The summed E-state index contributed by atoms with van der Waals surface area (Å²) >= 11 is 0. The molecule has 2 aliphatic rings. The molecular formula is C20H40O17P2. The van der Waals surface area contributed by atoms with Crippen LogP contribution in [-0.4, -0.2) is 126 Å². The van der Waals surface area contributed by atoms with E-state index in [0.717, 1.165) is 25.7 Å². The summed E-state index contributed by atoms with van der Waals surface area (Å²) in [6.45, 7) is 2.44. The number of phosphoric acid groups is 2. The lowest BCUT2D eigenvalue weighted by Crippen LogP contribution is -2.65. The molecule has 0 radical (unpaired) electrons. The van der Waals surface area contributed by atoms with Crippen molar-refractivity contribution in [3.05, 3.63) is 0 Å². The van der Waals surface area contributed by atoms with Gasteiger partial charge < -0.3 is 64.1 Å². The van der Waals surface area contributed by atoms with Crippen molar-refractivity contribution in [1.29, 1.82) is 0 Å². The summed E-state index contributed by atoms with van der Waals surface area (Å²) in [5.74, 6) is 0.171. The first kappa shape index (κ1) is 35.1. The van der Waals surface area contributed by atoms with Crippen LogP contribution in [0.25, 0.3) is 0 Å². The molecule has 17 nitrogen and oxygen atoms in total. The summed E-state index contributed by atoms with van der Waals surface area (Å²) in [5, 5.41) is 51.6. The van der Waals surface area contributed by atoms with Crippen molar-refractivity contribution in [2.45, 2.75) is 101 Å². The summed E-state index contributed by atoms with van der Waals surface area (Å²) in [5.41, 5.74) is 0. The minimum Gasteiger partial charge on any atom is -0.394 e. The number of hydrogen-bond donors (Lipinski definition) is 9. The number of aliphatic hydroxyl groups excluding tert-OH is 5. The van der Waals surface area contributed by atoms with Crippen LogP contribution in [-0.2, 0) is 37.1 Å². The lowest BCUT2D eigenvalue weighted by Gasteiger charge is -2.47. The molecule has 2 heterocycles. The number of ether oxygens (including phenoxy) is 4. The van der Waals surface area contributed by atoms with E-state index in [1.54, 1.807) is 0 Å². The Hall–Kier alpha value is -0.140. The normalized spacial score (nSPS) is 36.4. The van der Waals surface area contributed by atoms with Crippen LogP contribution in [0.1, 0.15) is 39.5 Å². The highest BCUT2D eigenvalue weighted by atomic mass is 31.2. The zero-order chi connectivity index (χ0) is 29.5. The fraction of sp³-hybridized carbons (Fsp3) is 1.00. The molecule has 0 aromatic carbocycles. The first-order valence-corrected chi connectivity index (χ1v) is 15.5. The van der Waals surface area contributed by atoms with Crippen molar-refractivity contribution in [3.63, 3.8) is 0 Å². The second-order valence-electron chi connectivity index (χ2n) is 9.42. The molecule has 2 saturated heterocycles. The lowest BCUT2D eigenvalue weighted by molar-refractivity contribution is -0.358. The molecule has 9 N–H and O–H groups in total. The topological polar surface area (TPSA) is 272 Å². The van der Waals surface area contributed by atoms with Gasteiger partial charge in [-0.25, -0.2) is 9.13 Å². The largest absolute Gasteiger partial charge is 0.470 e. The molecule has 2 aliphatic heterocycles. The van der Waals surface area contributed by atoms with E-state index in [2.05, 4.69) is 9.05 Å². The summed E-state index contributed by atoms with van der Waals surface area (Å²) in [4.78, 5) is 36.9. The Morgan fingerprint density at radius 1 is 0.718 bits per heavy atom. The molecule has 0 aromatic heterocycles. The Labute approximate surface area is 225 Å². The van der Waals surface area contributed by atoms with Gasteiger partial charge in [0.1, 0.15) is 48.8 Å². The maximum absolute atomic E-state index is 11.5. The maximum Gasteiger partial charge on any atom is 0.470 e. The predicted molar refractivity (Wildman–Crippen MR) is 127 cm³/mol. The molecule has 19 heteroatoms. The maximum atomic E-state index is 11.5. The van der Waals surface area contributed by atoms with Crippen LogP contribution in [0.3, 0.4) is 0 Å². The molecule has 0 aliphatic carbocycles. The van der Waals surface area contributed by atoms with Crippen molar-refractivity contribution in [1.82, 2.24) is 0 Å². The molecule has 0 aromatic rings. The van der Waals surface area contributed by atoms with Crippen LogP contribution >= 0.6 is 15.6 Å². The van der Waals surface area contributed by atoms with E-state index < -0.39 is 90.3 Å². The Balaban J connectivity index is 2.21. The highest BCUT2D eigenvalue weighted by Crippen LogP contribution is 2.47. The third kappa shape index (κ3) is 10.3. The van der Waals surface area contributed by atoms with E-state index in [9.17, 15) is 54.2 Å². The van der Waals surface area contributed by atoms with Gasteiger partial charge >= 0.3 is 15.6 Å². The third-order valence-electron chi connectivity index (χ3n) is 6.31. The number of phosphoric ester groups is 2. The molecule has 0 spiro atoms. The van der Waals surface area contributed by atoms with Gasteiger partial charge in [-0.15, -0.1) is 0 Å². The Kier molecular flexibility index (Phi) is 13.8. The fourth-order valence-electron chi connectivity index (χ4n) is 4.59. The molecule has 2 fully saturated rings. The van der Waals surface area contributed by atoms with Gasteiger partial charge in [0.25, 0.3) is 0 Å². The minimum atomic E-state index is -5.41. The highest BCUT2D eigenvalue weighted by Gasteiger charge is 2.54. The SMILES string of the molecule is CCCC(CCC)CO[C@@H]1O[C@H](CO)[C@@H](O[C@@H]2O[C@H](CO)[C@H](OP(=O)(O)O)[C@H](OP(=O)(O)O)[C@H]2O)[C@H](O)[C@H]1O. The van der Waals surface area contributed by atoms with Crippen molar-refractivity contribution >= 4 is 15.6 Å². The molecule has 10 atom stereocenters. The van der Waals surface area contributed by atoms with E-state index in [1.165, 1.54) is 0 Å². The van der Waals surface area contributed by atoms with Crippen molar-refractivity contribution in [2.75, 3.05) is 19.8 Å². The molecule has 0 amide bonds. The van der Waals surface area contributed by atoms with Crippen LogP contribution in [0, 0.1) is 5.92 Å². The van der Waals surface area contributed by atoms with E-state index in [4.69, 9.17) is 18.9 Å². The van der Waals surface area contributed by atoms with Crippen LogP contribution < -0.4 is 0 Å². The average Bonchev–Trinajstić information content (AvgIpc) is 2.83. The molecule has 0 saturated carbocycles. The van der Waals surface area contributed by atoms with Gasteiger partial charge in [-0.2, -0.15) is 0 Å². The number of aliphatic hydroxyl groups is 5. The van der Waals surface area contributed by atoms with Gasteiger partial charge in [0.05, 0.1) is 19.8 Å². The lowest BCUT2D eigenvalue weighted by atomic mass is 9.96. The van der Waals surface area contributed by atoms with E-state index in [1.807, 2.05) is 13.8 Å². The van der Waals surface area contributed by atoms with Gasteiger partial charge in [-0.05, 0) is 18.8 Å². The zero-order valence-electron chi connectivity index (χ0n) is 21.5. The summed E-state index contributed by atoms with van der Waals surface area (Å²) in [6.07, 6.45) is -14.5. The fourth-order valence-corrected chi connectivity index (χ4v) is 5.72. The first-order valence-electron chi connectivity index (χ1n) is 12.5. The van der Waals surface area contributed by atoms with Gasteiger partial charge in [-0.1, -0.05) is 26.7 Å². The second kappa shape index (κ2) is 15.4. The van der Waals surface area contributed by atoms with Gasteiger partial charge in [-0.3, -0.25) is 9.05 Å². The molecule has 2 rings (SSSR count). The second-order valence-corrected chi connectivity index (χ2v) is 11.8. The quantitative estimate of drug-likeness (QED) is 0.0909. The van der Waals surface area contributed by atoms with Gasteiger partial charge in [0.2, 0.25) is 0 Å². The third-order valence-corrected chi connectivity index (χ3v) is 7.35. The minimum absolute atomic E-state index is 0.171. The highest BCUT2D eigenvalue weighted by molar-refractivity contribution is 7.46.